The highest BCUT2D eigenvalue weighted by atomic mass is 16.1. The molecule has 1 amide bonds. The molecule has 2 aromatic carbocycles. The Morgan fingerprint density at radius 1 is 1.00 bits per heavy atom. The molecule has 3 aromatic rings. The fraction of sp³-hybridized carbons (Fsp3) is 0.182. The van der Waals surface area contributed by atoms with E-state index in [1.54, 1.807) is 6.20 Å². The number of nitrogens with zero attached hydrogens (tertiary/aromatic N) is 1. The zero-order valence-electron chi connectivity index (χ0n) is 14.6. The van der Waals surface area contributed by atoms with Crippen molar-refractivity contribution in [3.05, 3.63) is 84.1 Å². The molecule has 0 saturated heterocycles. The van der Waals surface area contributed by atoms with Crippen molar-refractivity contribution in [2.45, 2.75) is 26.2 Å². The molecular weight excluding hydrogens is 308 g/mol. The molecule has 0 aliphatic rings. The number of carbonyl (C=O) groups is 1. The van der Waals surface area contributed by atoms with Crippen LogP contribution in [-0.4, -0.2) is 10.9 Å². The molecule has 25 heavy (non-hydrogen) atoms. The first kappa shape index (κ1) is 16.9. The number of anilines is 1. The van der Waals surface area contributed by atoms with E-state index in [9.17, 15) is 4.79 Å². The molecule has 126 valence electrons. The molecule has 1 heterocycles. The van der Waals surface area contributed by atoms with E-state index < -0.39 is 0 Å². The highest BCUT2D eigenvalue weighted by Gasteiger charge is 2.08. The highest BCUT2D eigenvalue weighted by Crippen LogP contribution is 2.21. The summed E-state index contributed by atoms with van der Waals surface area (Å²) in [5.41, 5.74) is 4.63. The summed E-state index contributed by atoms with van der Waals surface area (Å²) in [4.78, 5) is 16.7. The fourth-order valence-electron chi connectivity index (χ4n) is 2.66. The predicted molar refractivity (Wildman–Crippen MR) is 103 cm³/mol. The van der Waals surface area contributed by atoms with Crippen LogP contribution in [0.1, 0.15) is 42.1 Å². The zero-order chi connectivity index (χ0) is 17.6. The van der Waals surface area contributed by atoms with Crippen LogP contribution in [0.15, 0.2) is 72.9 Å². The average Bonchev–Trinajstić information content (AvgIpc) is 2.68. The van der Waals surface area contributed by atoms with E-state index in [1.807, 2.05) is 54.6 Å². The van der Waals surface area contributed by atoms with Crippen LogP contribution in [0, 0.1) is 0 Å². The third-order valence-corrected chi connectivity index (χ3v) is 4.46. The van der Waals surface area contributed by atoms with E-state index >= 15 is 0 Å². The summed E-state index contributed by atoms with van der Waals surface area (Å²) in [7, 11) is 0. The summed E-state index contributed by atoms with van der Waals surface area (Å²) in [5.74, 6) is 0.424. The van der Waals surface area contributed by atoms with Crippen LogP contribution in [0.4, 0.5) is 5.69 Å². The Labute approximate surface area is 148 Å². The van der Waals surface area contributed by atoms with Gasteiger partial charge in [-0.1, -0.05) is 44.2 Å². The van der Waals surface area contributed by atoms with E-state index in [4.69, 9.17) is 0 Å². The maximum absolute atomic E-state index is 12.4. The Balaban J connectivity index is 1.69. The number of benzene rings is 2. The van der Waals surface area contributed by atoms with Gasteiger partial charge < -0.3 is 5.32 Å². The van der Waals surface area contributed by atoms with Crippen molar-refractivity contribution in [3.8, 4) is 11.3 Å². The second-order valence-electron chi connectivity index (χ2n) is 6.18. The summed E-state index contributed by atoms with van der Waals surface area (Å²) in [6.45, 7) is 4.38. The summed E-state index contributed by atoms with van der Waals surface area (Å²) in [5, 5.41) is 2.95. The zero-order valence-corrected chi connectivity index (χ0v) is 14.6. The normalized spacial score (nSPS) is 11.8. The summed E-state index contributed by atoms with van der Waals surface area (Å²) >= 11 is 0. The Morgan fingerprint density at radius 2 is 1.72 bits per heavy atom. The Hall–Kier alpha value is -2.94. The molecule has 1 aromatic heterocycles. The van der Waals surface area contributed by atoms with Gasteiger partial charge in [0.15, 0.2) is 0 Å². The molecule has 0 aliphatic heterocycles. The number of carbonyl (C=O) groups excluding carboxylic acids is 1. The molecule has 0 saturated carbocycles. The standard InChI is InChI=1S/C22H22N2O/c1-3-16(2)17-11-13-20(14-12-17)24-22(25)19-9-7-18(8-10-19)21-6-4-5-15-23-21/h4-16H,3H2,1-2H3,(H,24,25). The van der Waals surface area contributed by atoms with Gasteiger partial charge in [-0.15, -0.1) is 0 Å². The van der Waals surface area contributed by atoms with E-state index in [-0.39, 0.29) is 5.91 Å². The number of pyridine rings is 1. The van der Waals surface area contributed by atoms with E-state index in [2.05, 4.69) is 36.3 Å². The largest absolute Gasteiger partial charge is 0.322 e. The Morgan fingerprint density at radius 3 is 2.32 bits per heavy atom. The molecule has 1 N–H and O–H groups in total. The van der Waals surface area contributed by atoms with Crippen molar-refractivity contribution in [1.29, 1.82) is 0 Å². The average molecular weight is 330 g/mol. The van der Waals surface area contributed by atoms with Gasteiger partial charge in [-0.2, -0.15) is 0 Å². The van der Waals surface area contributed by atoms with Crippen LogP contribution >= 0.6 is 0 Å². The second kappa shape index (κ2) is 7.75. The van der Waals surface area contributed by atoms with Crippen molar-refractivity contribution in [2.24, 2.45) is 0 Å². The number of amides is 1. The lowest BCUT2D eigenvalue weighted by Gasteiger charge is -2.11. The molecule has 0 radical (unpaired) electrons. The van der Waals surface area contributed by atoms with Crippen LogP contribution in [-0.2, 0) is 0 Å². The quantitative estimate of drug-likeness (QED) is 0.670. The van der Waals surface area contributed by atoms with Gasteiger partial charge in [-0.25, -0.2) is 0 Å². The van der Waals surface area contributed by atoms with E-state index in [0.29, 0.717) is 11.5 Å². The molecule has 0 fully saturated rings. The first-order chi connectivity index (χ1) is 12.2. The van der Waals surface area contributed by atoms with E-state index in [0.717, 1.165) is 23.4 Å². The van der Waals surface area contributed by atoms with Crippen LogP contribution in [0.2, 0.25) is 0 Å². The van der Waals surface area contributed by atoms with Crippen molar-refractivity contribution in [2.75, 3.05) is 5.32 Å². The molecule has 0 aliphatic carbocycles. The minimum Gasteiger partial charge on any atom is -0.322 e. The molecule has 1 unspecified atom stereocenters. The van der Waals surface area contributed by atoms with Crippen LogP contribution in [0.3, 0.4) is 0 Å². The van der Waals surface area contributed by atoms with Crippen molar-refractivity contribution >= 4 is 11.6 Å². The van der Waals surface area contributed by atoms with Crippen molar-refractivity contribution < 1.29 is 4.79 Å². The van der Waals surface area contributed by atoms with Gasteiger partial charge in [0.05, 0.1) is 5.69 Å². The number of rotatable bonds is 5. The minimum absolute atomic E-state index is 0.108. The van der Waals surface area contributed by atoms with Crippen LogP contribution < -0.4 is 5.32 Å². The number of hydrogen-bond donors (Lipinski definition) is 1. The third-order valence-electron chi connectivity index (χ3n) is 4.46. The molecule has 3 rings (SSSR count). The molecule has 0 spiro atoms. The summed E-state index contributed by atoms with van der Waals surface area (Å²) in [6, 6.07) is 21.4. The topological polar surface area (TPSA) is 42.0 Å². The lowest BCUT2D eigenvalue weighted by atomic mass is 9.98. The fourth-order valence-corrected chi connectivity index (χ4v) is 2.66. The lowest BCUT2D eigenvalue weighted by Crippen LogP contribution is -2.11. The Bertz CT molecular complexity index is 824. The first-order valence-corrected chi connectivity index (χ1v) is 8.60. The molecule has 3 nitrogen and oxygen atoms in total. The van der Waals surface area contributed by atoms with Gasteiger partial charge in [-0.05, 0) is 54.3 Å². The summed E-state index contributed by atoms with van der Waals surface area (Å²) < 4.78 is 0. The maximum Gasteiger partial charge on any atom is 0.255 e. The third kappa shape index (κ3) is 4.13. The minimum atomic E-state index is -0.108. The molecular formula is C22H22N2O. The van der Waals surface area contributed by atoms with Crippen molar-refractivity contribution in [3.63, 3.8) is 0 Å². The molecule has 1 atom stereocenters. The first-order valence-electron chi connectivity index (χ1n) is 8.60. The Kier molecular flexibility index (Phi) is 5.24. The smallest absolute Gasteiger partial charge is 0.255 e. The van der Waals surface area contributed by atoms with Gasteiger partial charge >= 0.3 is 0 Å². The van der Waals surface area contributed by atoms with Crippen molar-refractivity contribution in [1.82, 2.24) is 4.98 Å². The van der Waals surface area contributed by atoms with Crippen LogP contribution in [0.25, 0.3) is 11.3 Å². The van der Waals surface area contributed by atoms with Gasteiger partial charge in [0.25, 0.3) is 5.91 Å². The van der Waals surface area contributed by atoms with Gasteiger partial charge in [-0.3, -0.25) is 9.78 Å². The van der Waals surface area contributed by atoms with Gasteiger partial charge in [0.1, 0.15) is 0 Å². The number of hydrogen-bond acceptors (Lipinski definition) is 2. The van der Waals surface area contributed by atoms with Crippen LogP contribution in [0.5, 0.6) is 0 Å². The van der Waals surface area contributed by atoms with E-state index in [1.165, 1.54) is 5.56 Å². The summed E-state index contributed by atoms with van der Waals surface area (Å²) in [6.07, 6.45) is 2.87. The maximum atomic E-state index is 12.4. The molecule has 3 heteroatoms. The monoisotopic (exact) mass is 330 g/mol. The number of nitrogens with one attached hydrogen (secondary N) is 1. The van der Waals surface area contributed by atoms with Gasteiger partial charge in [0.2, 0.25) is 0 Å². The highest BCUT2D eigenvalue weighted by molar-refractivity contribution is 6.04. The lowest BCUT2D eigenvalue weighted by molar-refractivity contribution is 0.102. The SMILES string of the molecule is CCC(C)c1ccc(NC(=O)c2ccc(-c3ccccn3)cc2)cc1. The van der Waals surface area contributed by atoms with Gasteiger partial charge in [0, 0.05) is 23.0 Å². The predicted octanol–water partition coefficient (Wildman–Crippen LogP) is 5.51. The molecule has 0 bridgehead atoms. The second-order valence-corrected chi connectivity index (χ2v) is 6.18. The number of aromatic nitrogens is 1.